The van der Waals surface area contributed by atoms with E-state index in [1.807, 2.05) is 67.6 Å². The van der Waals surface area contributed by atoms with Crippen LogP contribution in [0.25, 0.3) is 0 Å². The normalized spacial score (nSPS) is 25.8. The lowest BCUT2D eigenvalue weighted by molar-refractivity contribution is 0.182. The van der Waals surface area contributed by atoms with Gasteiger partial charge in [-0.25, -0.2) is 8.42 Å². The molecule has 2 fully saturated rings. The third-order valence-electron chi connectivity index (χ3n) is 6.04. The number of morpholine rings is 1. The lowest BCUT2D eigenvalue weighted by Gasteiger charge is -2.21. The van der Waals surface area contributed by atoms with Crippen LogP contribution in [0.15, 0.2) is 82.2 Å². The lowest BCUT2D eigenvalue weighted by atomic mass is 9.84. The van der Waals surface area contributed by atoms with Crippen LogP contribution < -0.4 is 0 Å². The average Bonchev–Trinajstić information content (AvgIpc) is 3.25. The molecule has 0 bridgehead atoms. The summed E-state index contributed by atoms with van der Waals surface area (Å²) in [4.78, 5) is 0.298. The molecule has 2 aliphatic heterocycles. The second-order valence-corrected chi connectivity index (χ2v) is 11.1. The van der Waals surface area contributed by atoms with Gasteiger partial charge in [0.1, 0.15) is 11.2 Å². The third-order valence-corrected chi connectivity index (χ3v) is 8.62. The van der Waals surface area contributed by atoms with E-state index in [0.717, 1.165) is 21.2 Å². The van der Waals surface area contributed by atoms with Crippen LogP contribution in [0.2, 0.25) is 5.02 Å². The van der Waals surface area contributed by atoms with Gasteiger partial charge in [0.15, 0.2) is 0 Å². The fraction of sp³-hybridized carbons (Fsp3) is 0.217. The summed E-state index contributed by atoms with van der Waals surface area (Å²) in [6.07, 6.45) is 0. The number of hydrogen-bond acceptors (Lipinski definition) is 3. The monoisotopic (exact) mass is 503 g/mol. The third kappa shape index (κ3) is 2.97. The van der Waals surface area contributed by atoms with Gasteiger partial charge < -0.3 is 4.74 Å². The van der Waals surface area contributed by atoms with E-state index in [-0.39, 0.29) is 13.1 Å². The van der Waals surface area contributed by atoms with Crippen LogP contribution in [0.3, 0.4) is 0 Å². The zero-order chi connectivity index (χ0) is 21.1. The number of fused-ring (bicyclic) bond motifs is 1. The summed E-state index contributed by atoms with van der Waals surface area (Å²) >= 11 is 9.56. The van der Waals surface area contributed by atoms with Gasteiger partial charge >= 0.3 is 0 Å². The minimum atomic E-state index is -3.65. The minimum absolute atomic E-state index is 0.251. The van der Waals surface area contributed by atoms with Crippen LogP contribution in [-0.2, 0) is 26.0 Å². The van der Waals surface area contributed by atoms with E-state index in [1.165, 1.54) is 4.31 Å². The lowest BCUT2D eigenvalue weighted by Crippen LogP contribution is -2.34. The predicted molar refractivity (Wildman–Crippen MR) is 120 cm³/mol. The van der Waals surface area contributed by atoms with Gasteiger partial charge in [-0.3, -0.25) is 0 Å². The molecule has 154 valence electrons. The number of halogens is 2. The molecular formula is C23H19BrClNO3S. The summed E-state index contributed by atoms with van der Waals surface area (Å²) in [5.74, 6) is 0. The van der Waals surface area contributed by atoms with Crippen molar-refractivity contribution in [1.29, 1.82) is 0 Å². The van der Waals surface area contributed by atoms with Crippen molar-refractivity contribution in [3.63, 3.8) is 0 Å². The molecule has 3 aromatic rings. The first kappa shape index (κ1) is 20.2. The highest BCUT2D eigenvalue weighted by atomic mass is 79.9. The first-order valence-corrected chi connectivity index (χ1v) is 12.2. The van der Waals surface area contributed by atoms with Crippen molar-refractivity contribution in [2.24, 2.45) is 0 Å². The van der Waals surface area contributed by atoms with Crippen molar-refractivity contribution in [2.45, 2.75) is 23.0 Å². The first-order chi connectivity index (χ1) is 14.3. The first-order valence-electron chi connectivity index (χ1n) is 9.56. The molecule has 2 aliphatic rings. The number of epoxide rings is 1. The van der Waals surface area contributed by atoms with E-state index >= 15 is 0 Å². The van der Waals surface area contributed by atoms with Gasteiger partial charge in [-0.1, -0.05) is 69.5 Å². The summed E-state index contributed by atoms with van der Waals surface area (Å²) in [5.41, 5.74) is 1.45. The SMILES string of the molecule is Cc1ccc(S(=O)(=O)N2C[C@@]3(c4ccc(Br)cc4)O[C@@]3(c3ccc(Cl)cc3)C2)cc1. The van der Waals surface area contributed by atoms with E-state index in [9.17, 15) is 8.42 Å². The Morgan fingerprint density at radius 1 is 0.867 bits per heavy atom. The number of ether oxygens (including phenoxy) is 1. The quantitative estimate of drug-likeness (QED) is 0.457. The Kier molecular flexibility index (Phi) is 4.65. The van der Waals surface area contributed by atoms with Crippen molar-refractivity contribution < 1.29 is 13.2 Å². The molecule has 4 nitrogen and oxygen atoms in total. The maximum absolute atomic E-state index is 13.4. The van der Waals surface area contributed by atoms with Gasteiger partial charge in [0, 0.05) is 9.50 Å². The highest BCUT2D eigenvalue weighted by molar-refractivity contribution is 9.10. The van der Waals surface area contributed by atoms with Crippen LogP contribution in [0.5, 0.6) is 0 Å². The predicted octanol–water partition coefficient (Wildman–Crippen LogP) is 5.24. The smallest absolute Gasteiger partial charge is 0.243 e. The van der Waals surface area contributed by atoms with Gasteiger partial charge in [0.25, 0.3) is 0 Å². The van der Waals surface area contributed by atoms with E-state index in [0.29, 0.717) is 9.92 Å². The number of hydrogen-bond donors (Lipinski definition) is 0. The molecule has 2 heterocycles. The van der Waals surface area contributed by atoms with Crippen LogP contribution in [0.1, 0.15) is 16.7 Å². The van der Waals surface area contributed by atoms with Crippen molar-refractivity contribution in [1.82, 2.24) is 4.31 Å². The largest absolute Gasteiger partial charge is 0.349 e. The second-order valence-electron chi connectivity index (χ2n) is 7.86. The Bertz CT molecular complexity index is 1150. The Balaban J connectivity index is 1.59. The molecule has 0 spiro atoms. The second kappa shape index (κ2) is 6.90. The van der Waals surface area contributed by atoms with Crippen molar-refractivity contribution >= 4 is 37.6 Å². The Morgan fingerprint density at radius 3 is 1.90 bits per heavy atom. The zero-order valence-corrected chi connectivity index (χ0v) is 19.3. The summed E-state index contributed by atoms with van der Waals surface area (Å²) in [5, 5.41) is 0.632. The summed E-state index contributed by atoms with van der Waals surface area (Å²) < 4.78 is 35.7. The summed E-state index contributed by atoms with van der Waals surface area (Å²) in [6.45, 7) is 2.45. The van der Waals surface area contributed by atoms with Crippen LogP contribution >= 0.6 is 27.5 Å². The summed E-state index contributed by atoms with van der Waals surface area (Å²) in [7, 11) is -3.65. The number of rotatable bonds is 4. The number of sulfonamides is 1. The fourth-order valence-electron chi connectivity index (χ4n) is 4.38. The Hall–Kier alpha value is -1.70. The van der Waals surface area contributed by atoms with Gasteiger partial charge in [0.2, 0.25) is 10.0 Å². The molecule has 2 saturated heterocycles. The van der Waals surface area contributed by atoms with E-state index < -0.39 is 21.2 Å². The molecule has 2 atom stereocenters. The molecule has 3 aromatic carbocycles. The maximum atomic E-state index is 13.4. The molecule has 0 aliphatic carbocycles. The summed E-state index contributed by atoms with van der Waals surface area (Å²) in [6, 6.07) is 22.3. The van der Waals surface area contributed by atoms with Gasteiger partial charge in [-0.2, -0.15) is 4.31 Å². The molecule has 0 N–H and O–H groups in total. The molecule has 0 aromatic heterocycles. The highest BCUT2D eigenvalue weighted by Crippen LogP contribution is 2.67. The fourth-order valence-corrected chi connectivity index (χ4v) is 6.25. The molecule has 0 saturated carbocycles. The van der Waals surface area contributed by atoms with E-state index in [4.69, 9.17) is 16.3 Å². The van der Waals surface area contributed by atoms with Crippen LogP contribution in [-0.4, -0.2) is 25.8 Å². The number of benzene rings is 3. The van der Waals surface area contributed by atoms with Crippen molar-refractivity contribution in [3.05, 3.63) is 99.0 Å². The van der Waals surface area contributed by atoms with E-state index in [1.54, 1.807) is 12.1 Å². The highest BCUT2D eigenvalue weighted by Gasteiger charge is 2.77. The number of nitrogens with zero attached hydrogens (tertiary/aromatic N) is 1. The standard InChI is InChI=1S/C23H19BrClNO3S/c1-16-2-12-21(13-3-16)30(27,28)26-14-22(17-4-8-19(24)9-5-17)23(15-26,29-22)18-6-10-20(25)11-7-18/h2-13H,14-15H2,1H3/t22-,23+/m0/s1. The van der Waals surface area contributed by atoms with Crippen LogP contribution in [0.4, 0.5) is 0 Å². The van der Waals surface area contributed by atoms with Crippen molar-refractivity contribution in [3.8, 4) is 0 Å². The Labute approximate surface area is 189 Å². The topological polar surface area (TPSA) is 49.9 Å². The van der Waals surface area contributed by atoms with Gasteiger partial charge in [-0.15, -0.1) is 0 Å². The molecule has 7 heteroatoms. The average molecular weight is 505 g/mol. The zero-order valence-electron chi connectivity index (χ0n) is 16.2. The van der Waals surface area contributed by atoms with Crippen LogP contribution in [0, 0.1) is 6.92 Å². The molecule has 0 unspecified atom stereocenters. The van der Waals surface area contributed by atoms with E-state index in [2.05, 4.69) is 15.9 Å². The molecule has 30 heavy (non-hydrogen) atoms. The van der Waals surface area contributed by atoms with Gasteiger partial charge in [-0.05, 0) is 54.4 Å². The number of aryl methyl sites for hydroxylation is 1. The minimum Gasteiger partial charge on any atom is -0.349 e. The molecule has 0 amide bonds. The molecule has 0 radical (unpaired) electrons. The molecular weight excluding hydrogens is 486 g/mol. The Morgan fingerprint density at radius 2 is 1.37 bits per heavy atom. The molecule has 5 rings (SSSR count). The van der Waals surface area contributed by atoms with Gasteiger partial charge in [0.05, 0.1) is 18.0 Å². The maximum Gasteiger partial charge on any atom is 0.243 e. The van der Waals surface area contributed by atoms with Crippen molar-refractivity contribution in [2.75, 3.05) is 13.1 Å².